The molecule has 0 unspecified atom stereocenters. The zero-order chi connectivity index (χ0) is 21.3. The minimum absolute atomic E-state index is 0.00588. The summed E-state index contributed by atoms with van der Waals surface area (Å²) in [5, 5.41) is 13.8. The van der Waals surface area contributed by atoms with Gasteiger partial charge in [0.15, 0.2) is 0 Å². The quantitative estimate of drug-likeness (QED) is 0.356. The third kappa shape index (κ3) is 3.84. The molecule has 4 rings (SSSR count). The molecule has 0 bridgehead atoms. The molecule has 0 saturated carbocycles. The molecule has 154 valence electrons. The van der Waals surface area contributed by atoms with Crippen molar-refractivity contribution in [2.45, 2.75) is 19.8 Å². The molecule has 0 saturated heterocycles. The second-order valence-corrected chi connectivity index (χ2v) is 7.53. The molecule has 6 nitrogen and oxygen atoms in total. The Bertz CT molecular complexity index is 1290. The number of aliphatic hydroxyl groups is 1. The number of hydrogen-bond donors (Lipinski definition) is 2. The second kappa shape index (κ2) is 8.34. The minimum Gasteiger partial charge on any atom is -0.464 e. The van der Waals surface area contributed by atoms with E-state index < -0.39 is 5.63 Å². The fourth-order valence-corrected chi connectivity index (χ4v) is 3.62. The number of carbonyl (C=O) groups excluding carboxylic acids is 1. The van der Waals surface area contributed by atoms with Crippen LogP contribution in [0.15, 0.2) is 56.3 Å². The molecule has 0 aliphatic rings. The van der Waals surface area contributed by atoms with Gasteiger partial charge in [0, 0.05) is 40.6 Å². The van der Waals surface area contributed by atoms with Crippen LogP contribution >= 0.6 is 11.6 Å². The predicted molar refractivity (Wildman–Crippen MR) is 116 cm³/mol. The van der Waals surface area contributed by atoms with Gasteiger partial charge in [-0.2, -0.15) is 0 Å². The van der Waals surface area contributed by atoms with Crippen molar-refractivity contribution in [3.63, 3.8) is 0 Å². The number of halogens is 1. The van der Waals surface area contributed by atoms with Gasteiger partial charge in [0.1, 0.15) is 11.2 Å². The van der Waals surface area contributed by atoms with Gasteiger partial charge in [0.05, 0.1) is 18.2 Å². The van der Waals surface area contributed by atoms with Crippen molar-refractivity contribution in [3.05, 3.63) is 69.2 Å². The van der Waals surface area contributed by atoms with Crippen molar-refractivity contribution in [1.29, 1.82) is 0 Å². The Kier molecular flexibility index (Phi) is 5.61. The first-order valence-electron chi connectivity index (χ1n) is 9.59. The zero-order valence-electron chi connectivity index (χ0n) is 16.3. The Balaban J connectivity index is 1.78. The molecule has 2 aromatic carbocycles. The highest BCUT2D eigenvalue weighted by atomic mass is 35.5. The maximum atomic E-state index is 12.5. The number of aliphatic hydroxyl groups excluding tert-OH is 1. The third-order valence-electron chi connectivity index (χ3n) is 5.13. The fourth-order valence-electron chi connectivity index (χ4n) is 3.50. The van der Waals surface area contributed by atoms with E-state index in [2.05, 4.69) is 5.32 Å². The van der Waals surface area contributed by atoms with Crippen molar-refractivity contribution in [2.24, 2.45) is 0 Å². The van der Waals surface area contributed by atoms with E-state index in [1.165, 1.54) is 0 Å². The Morgan fingerprint density at radius 2 is 1.90 bits per heavy atom. The number of fused-ring (bicyclic) bond motifs is 2. The van der Waals surface area contributed by atoms with Gasteiger partial charge in [-0.15, -0.1) is 0 Å². The molecule has 2 aromatic heterocycles. The Hall–Kier alpha value is -3.09. The number of benzene rings is 2. The summed E-state index contributed by atoms with van der Waals surface area (Å²) in [4.78, 5) is 24.7. The summed E-state index contributed by atoms with van der Waals surface area (Å²) in [6, 6.07) is 11.1. The molecular weight excluding hydrogens is 406 g/mol. The highest BCUT2D eigenvalue weighted by Gasteiger charge is 2.17. The van der Waals surface area contributed by atoms with Gasteiger partial charge in [-0.3, -0.25) is 4.79 Å². The van der Waals surface area contributed by atoms with Gasteiger partial charge in [-0.05, 0) is 42.7 Å². The standard InChI is InChI=1S/C23H20ClNO5/c1-13-16-9-18-19(14-3-5-15(24)6-4-14)12-29-20(18)11-21(16)30-23(28)17(13)10-22(27)25-7-2-8-26/h3-6,9,11-12,26H,2,7-8,10H2,1H3,(H,25,27). The van der Waals surface area contributed by atoms with E-state index in [4.69, 9.17) is 25.5 Å². The zero-order valence-corrected chi connectivity index (χ0v) is 17.1. The van der Waals surface area contributed by atoms with E-state index in [0.717, 1.165) is 21.9 Å². The number of hydrogen-bond acceptors (Lipinski definition) is 5. The molecule has 0 aliphatic carbocycles. The summed E-state index contributed by atoms with van der Waals surface area (Å²) in [7, 11) is 0. The Labute approximate surface area is 177 Å². The fraction of sp³-hybridized carbons (Fsp3) is 0.217. The molecule has 0 fully saturated rings. The number of rotatable bonds is 6. The van der Waals surface area contributed by atoms with Crippen molar-refractivity contribution >= 4 is 39.4 Å². The molecule has 0 aliphatic heterocycles. The number of amides is 1. The molecule has 0 radical (unpaired) electrons. The summed E-state index contributed by atoms with van der Waals surface area (Å²) in [6.07, 6.45) is 2.04. The molecule has 0 atom stereocenters. The number of carbonyl (C=O) groups is 1. The summed E-state index contributed by atoms with van der Waals surface area (Å²) < 4.78 is 11.2. The first-order valence-corrected chi connectivity index (χ1v) is 9.96. The van der Waals surface area contributed by atoms with Crippen molar-refractivity contribution < 1.29 is 18.7 Å². The monoisotopic (exact) mass is 425 g/mol. The van der Waals surface area contributed by atoms with Gasteiger partial charge < -0.3 is 19.3 Å². The van der Waals surface area contributed by atoms with Gasteiger partial charge in [-0.25, -0.2) is 4.79 Å². The summed E-state index contributed by atoms with van der Waals surface area (Å²) in [6.45, 7) is 2.16. The maximum Gasteiger partial charge on any atom is 0.340 e. The molecule has 2 heterocycles. The molecule has 0 spiro atoms. The third-order valence-corrected chi connectivity index (χ3v) is 5.38. The van der Waals surface area contributed by atoms with E-state index in [0.29, 0.717) is 40.3 Å². The molecule has 2 N–H and O–H groups in total. The van der Waals surface area contributed by atoms with Crippen LogP contribution in [0.5, 0.6) is 0 Å². The first kappa shape index (κ1) is 20.2. The van der Waals surface area contributed by atoms with E-state index in [1.54, 1.807) is 12.3 Å². The maximum absolute atomic E-state index is 12.5. The number of aryl methyl sites for hydroxylation is 1. The Morgan fingerprint density at radius 3 is 2.63 bits per heavy atom. The molecule has 30 heavy (non-hydrogen) atoms. The van der Waals surface area contributed by atoms with E-state index in [1.807, 2.05) is 37.3 Å². The number of nitrogens with one attached hydrogen (secondary N) is 1. The lowest BCUT2D eigenvalue weighted by Crippen LogP contribution is -2.29. The topological polar surface area (TPSA) is 92.7 Å². The van der Waals surface area contributed by atoms with Crippen LogP contribution in [0.1, 0.15) is 17.5 Å². The predicted octanol–water partition coefficient (Wildman–Crippen LogP) is 4.21. The van der Waals surface area contributed by atoms with Crippen LogP contribution in [0.2, 0.25) is 5.02 Å². The summed E-state index contributed by atoms with van der Waals surface area (Å²) in [5.74, 6) is -0.288. The SMILES string of the molecule is Cc1c(CC(=O)NCCCO)c(=O)oc2cc3occ(-c4ccc(Cl)cc4)c3cc12. The summed E-state index contributed by atoms with van der Waals surface area (Å²) in [5.41, 5.74) is 3.34. The van der Waals surface area contributed by atoms with Crippen molar-refractivity contribution in [2.75, 3.05) is 13.2 Å². The van der Waals surface area contributed by atoms with E-state index in [-0.39, 0.29) is 18.9 Å². The molecular formula is C23H20ClNO5. The van der Waals surface area contributed by atoms with Gasteiger partial charge in [0.2, 0.25) is 5.91 Å². The van der Waals surface area contributed by atoms with Crippen LogP contribution in [-0.4, -0.2) is 24.2 Å². The smallest absolute Gasteiger partial charge is 0.340 e. The molecule has 4 aromatic rings. The molecule has 7 heteroatoms. The minimum atomic E-state index is -0.541. The summed E-state index contributed by atoms with van der Waals surface area (Å²) >= 11 is 5.99. The highest BCUT2D eigenvalue weighted by molar-refractivity contribution is 6.30. The van der Waals surface area contributed by atoms with E-state index >= 15 is 0 Å². The van der Waals surface area contributed by atoms with Crippen LogP contribution in [0.3, 0.4) is 0 Å². The average molecular weight is 426 g/mol. The average Bonchev–Trinajstić information content (AvgIpc) is 3.13. The van der Waals surface area contributed by atoms with Crippen molar-refractivity contribution in [3.8, 4) is 11.1 Å². The number of furan rings is 1. The van der Waals surface area contributed by atoms with Gasteiger partial charge >= 0.3 is 5.63 Å². The van der Waals surface area contributed by atoms with Gasteiger partial charge in [0.25, 0.3) is 0 Å². The molecule has 1 amide bonds. The lowest BCUT2D eigenvalue weighted by molar-refractivity contribution is -0.120. The largest absolute Gasteiger partial charge is 0.464 e. The normalized spacial score (nSPS) is 11.3. The first-order chi connectivity index (χ1) is 14.5. The van der Waals surface area contributed by atoms with E-state index in [9.17, 15) is 9.59 Å². The highest BCUT2D eigenvalue weighted by Crippen LogP contribution is 2.35. The Morgan fingerprint density at radius 1 is 1.13 bits per heavy atom. The van der Waals surface area contributed by atoms with Crippen LogP contribution in [0.4, 0.5) is 0 Å². The van der Waals surface area contributed by atoms with Crippen molar-refractivity contribution in [1.82, 2.24) is 5.32 Å². The van der Waals surface area contributed by atoms with Crippen LogP contribution in [0, 0.1) is 6.92 Å². The van der Waals surface area contributed by atoms with Crippen LogP contribution in [0.25, 0.3) is 33.1 Å². The van der Waals surface area contributed by atoms with Gasteiger partial charge in [-0.1, -0.05) is 23.7 Å². The van der Waals surface area contributed by atoms with Crippen LogP contribution in [-0.2, 0) is 11.2 Å². The second-order valence-electron chi connectivity index (χ2n) is 7.10. The lowest BCUT2D eigenvalue weighted by atomic mass is 9.99. The van der Waals surface area contributed by atoms with Crippen LogP contribution < -0.4 is 10.9 Å². The lowest BCUT2D eigenvalue weighted by Gasteiger charge is -2.09.